The maximum Gasteiger partial charge on any atom is 0.306 e. The molecule has 1 saturated carbocycles. The molecule has 25 heavy (non-hydrogen) atoms. The molecule has 0 unspecified atom stereocenters. The van der Waals surface area contributed by atoms with Crippen molar-refractivity contribution in [3.8, 4) is 0 Å². The first-order chi connectivity index (χ1) is 12.2. The van der Waals surface area contributed by atoms with Crippen LogP contribution in [0.4, 0.5) is 5.69 Å². The van der Waals surface area contributed by atoms with Crippen LogP contribution in [0.3, 0.4) is 0 Å². The van der Waals surface area contributed by atoms with Crippen LogP contribution in [-0.4, -0.2) is 23.5 Å². The quantitative estimate of drug-likeness (QED) is 0.786. The van der Waals surface area contributed by atoms with E-state index in [1.165, 1.54) is 0 Å². The van der Waals surface area contributed by atoms with Gasteiger partial charge in [0.15, 0.2) is 0 Å². The van der Waals surface area contributed by atoms with E-state index in [-0.39, 0.29) is 23.7 Å². The monoisotopic (exact) mass is 338 g/mol. The van der Waals surface area contributed by atoms with Crippen LogP contribution in [0.5, 0.6) is 0 Å². The predicted molar refractivity (Wildman–Crippen MR) is 95.1 cm³/mol. The largest absolute Gasteiger partial charge is 0.466 e. The van der Waals surface area contributed by atoms with E-state index in [4.69, 9.17) is 4.74 Å². The van der Waals surface area contributed by atoms with Crippen LogP contribution >= 0.6 is 0 Å². The Bertz CT molecular complexity index is 728. The smallest absolute Gasteiger partial charge is 0.306 e. The van der Waals surface area contributed by atoms with Gasteiger partial charge in [-0.15, -0.1) is 0 Å². The SMILES string of the molecule is CCOC(=O)CCc1ccc(NC(=O)[C@@H]2C[C@@H]2c2cccnc2)cc1. The molecule has 1 amide bonds. The first-order valence-electron chi connectivity index (χ1n) is 8.62. The molecule has 1 aliphatic carbocycles. The van der Waals surface area contributed by atoms with Gasteiger partial charge in [-0.1, -0.05) is 18.2 Å². The van der Waals surface area contributed by atoms with Crippen molar-refractivity contribution in [3.05, 3.63) is 59.9 Å². The highest BCUT2D eigenvalue weighted by molar-refractivity contribution is 5.95. The summed E-state index contributed by atoms with van der Waals surface area (Å²) in [5.74, 6) is 0.161. The number of hydrogen-bond acceptors (Lipinski definition) is 4. The number of hydrogen-bond donors (Lipinski definition) is 1. The standard InChI is InChI=1S/C20H22N2O3/c1-2-25-19(23)10-7-14-5-8-16(9-6-14)22-20(24)18-12-17(18)15-4-3-11-21-13-15/h3-6,8-9,11,13,17-18H,2,7,10,12H2,1H3,(H,22,24)/t17-,18-/m1/s1. The number of ether oxygens (including phenoxy) is 1. The number of aryl methyl sites for hydroxylation is 1. The number of esters is 1. The summed E-state index contributed by atoms with van der Waals surface area (Å²) >= 11 is 0. The summed E-state index contributed by atoms with van der Waals surface area (Å²) in [6.45, 7) is 2.21. The van der Waals surface area contributed by atoms with Crippen molar-refractivity contribution in [1.82, 2.24) is 4.98 Å². The van der Waals surface area contributed by atoms with Gasteiger partial charge >= 0.3 is 5.97 Å². The van der Waals surface area contributed by atoms with E-state index >= 15 is 0 Å². The number of pyridine rings is 1. The fourth-order valence-corrected chi connectivity index (χ4v) is 2.92. The minimum absolute atomic E-state index is 0.0210. The molecule has 1 N–H and O–H groups in total. The summed E-state index contributed by atoms with van der Waals surface area (Å²) in [4.78, 5) is 27.8. The molecule has 2 atom stereocenters. The first-order valence-corrected chi connectivity index (χ1v) is 8.62. The lowest BCUT2D eigenvalue weighted by molar-refractivity contribution is -0.143. The summed E-state index contributed by atoms with van der Waals surface area (Å²) in [5.41, 5.74) is 2.95. The molecule has 1 aliphatic rings. The summed E-state index contributed by atoms with van der Waals surface area (Å²) in [7, 11) is 0. The van der Waals surface area contributed by atoms with Gasteiger partial charge in [-0.25, -0.2) is 0 Å². The third-order valence-corrected chi connectivity index (χ3v) is 4.38. The highest BCUT2D eigenvalue weighted by Crippen LogP contribution is 2.47. The molecule has 2 aromatic rings. The Kier molecular flexibility index (Phi) is 5.43. The summed E-state index contributed by atoms with van der Waals surface area (Å²) in [6.07, 6.45) is 5.45. The normalized spacial score (nSPS) is 18.4. The molecular formula is C20H22N2O3. The van der Waals surface area contributed by atoms with Crippen LogP contribution in [0.15, 0.2) is 48.8 Å². The molecule has 130 valence electrons. The number of nitrogens with one attached hydrogen (secondary N) is 1. The molecule has 0 spiro atoms. The van der Waals surface area contributed by atoms with Gasteiger partial charge in [0.25, 0.3) is 0 Å². The molecule has 1 aromatic heterocycles. The Labute approximate surface area is 147 Å². The van der Waals surface area contributed by atoms with Crippen LogP contribution in [0, 0.1) is 5.92 Å². The van der Waals surface area contributed by atoms with Crippen molar-refractivity contribution in [2.24, 2.45) is 5.92 Å². The average Bonchev–Trinajstić information content (AvgIpc) is 3.43. The van der Waals surface area contributed by atoms with Crippen LogP contribution in [-0.2, 0) is 20.7 Å². The maximum atomic E-state index is 12.3. The van der Waals surface area contributed by atoms with Gasteiger partial charge in [0.05, 0.1) is 6.61 Å². The fourth-order valence-electron chi connectivity index (χ4n) is 2.92. The lowest BCUT2D eigenvalue weighted by atomic mass is 10.1. The molecule has 0 radical (unpaired) electrons. The van der Waals surface area contributed by atoms with Gasteiger partial charge in [-0.05, 0) is 55.0 Å². The summed E-state index contributed by atoms with van der Waals surface area (Å²) in [5, 5.41) is 2.97. The van der Waals surface area contributed by atoms with Crippen molar-refractivity contribution in [2.75, 3.05) is 11.9 Å². The first kappa shape index (κ1) is 17.1. The van der Waals surface area contributed by atoms with Crippen LogP contribution in [0.25, 0.3) is 0 Å². The number of carbonyl (C=O) groups excluding carboxylic acids is 2. The van der Waals surface area contributed by atoms with E-state index in [9.17, 15) is 9.59 Å². The highest BCUT2D eigenvalue weighted by Gasteiger charge is 2.44. The van der Waals surface area contributed by atoms with Crippen molar-refractivity contribution < 1.29 is 14.3 Å². The Morgan fingerprint density at radius 2 is 2.04 bits per heavy atom. The van der Waals surface area contributed by atoms with E-state index in [0.29, 0.717) is 19.4 Å². The van der Waals surface area contributed by atoms with Gasteiger partial charge in [-0.2, -0.15) is 0 Å². The topological polar surface area (TPSA) is 68.3 Å². The molecule has 0 aliphatic heterocycles. The Balaban J connectivity index is 1.49. The van der Waals surface area contributed by atoms with E-state index in [2.05, 4.69) is 10.3 Å². The second kappa shape index (κ2) is 7.92. The third kappa shape index (κ3) is 4.66. The lowest BCUT2D eigenvalue weighted by Crippen LogP contribution is -2.14. The second-order valence-corrected chi connectivity index (χ2v) is 6.23. The Hall–Kier alpha value is -2.69. The van der Waals surface area contributed by atoms with E-state index in [0.717, 1.165) is 23.2 Å². The highest BCUT2D eigenvalue weighted by atomic mass is 16.5. The lowest BCUT2D eigenvalue weighted by Gasteiger charge is -2.07. The number of amides is 1. The molecule has 1 fully saturated rings. The fraction of sp³-hybridized carbons (Fsp3) is 0.350. The molecular weight excluding hydrogens is 316 g/mol. The number of rotatable bonds is 7. The minimum Gasteiger partial charge on any atom is -0.466 e. The minimum atomic E-state index is -0.185. The maximum absolute atomic E-state index is 12.3. The van der Waals surface area contributed by atoms with Crippen molar-refractivity contribution >= 4 is 17.6 Å². The van der Waals surface area contributed by atoms with Crippen molar-refractivity contribution in [1.29, 1.82) is 0 Å². The molecule has 1 aromatic carbocycles. The zero-order valence-corrected chi connectivity index (χ0v) is 14.3. The van der Waals surface area contributed by atoms with Gasteiger partial charge in [0, 0.05) is 30.4 Å². The molecule has 1 heterocycles. The second-order valence-electron chi connectivity index (χ2n) is 6.23. The van der Waals surface area contributed by atoms with E-state index in [1.807, 2.05) is 42.6 Å². The predicted octanol–water partition coefficient (Wildman–Crippen LogP) is 3.32. The van der Waals surface area contributed by atoms with Crippen LogP contribution in [0.1, 0.15) is 36.8 Å². The van der Waals surface area contributed by atoms with Gasteiger partial charge in [0.1, 0.15) is 0 Å². The summed E-state index contributed by atoms with van der Waals surface area (Å²) < 4.78 is 4.92. The Morgan fingerprint density at radius 1 is 1.24 bits per heavy atom. The zero-order valence-electron chi connectivity index (χ0n) is 14.3. The van der Waals surface area contributed by atoms with Gasteiger partial charge in [0.2, 0.25) is 5.91 Å². The van der Waals surface area contributed by atoms with Crippen LogP contribution in [0.2, 0.25) is 0 Å². The Morgan fingerprint density at radius 3 is 2.72 bits per heavy atom. The van der Waals surface area contributed by atoms with Crippen molar-refractivity contribution in [2.45, 2.75) is 32.1 Å². The van der Waals surface area contributed by atoms with Crippen molar-refractivity contribution in [3.63, 3.8) is 0 Å². The molecule has 3 rings (SSSR count). The van der Waals surface area contributed by atoms with E-state index in [1.54, 1.807) is 13.1 Å². The molecule has 0 saturated heterocycles. The number of carbonyl (C=O) groups is 2. The van der Waals surface area contributed by atoms with Gasteiger partial charge in [-0.3, -0.25) is 14.6 Å². The van der Waals surface area contributed by atoms with Gasteiger partial charge < -0.3 is 10.1 Å². The third-order valence-electron chi connectivity index (χ3n) is 4.38. The van der Waals surface area contributed by atoms with Crippen LogP contribution < -0.4 is 5.32 Å². The molecule has 5 nitrogen and oxygen atoms in total. The number of aromatic nitrogens is 1. The number of anilines is 1. The number of nitrogens with zero attached hydrogens (tertiary/aromatic N) is 1. The molecule has 5 heteroatoms. The summed E-state index contributed by atoms with van der Waals surface area (Å²) in [6, 6.07) is 11.5. The zero-order chi connectivity index (χ0) is 17.6. The number of benzene rings is 1. The molecule has 0 bridgehead atoms. The van der Waals surface area contributed by atoms with E-state index < -0.39 is 0 Å². The average molecular weight is 338 g/mol.